The van der Waals surface area contributed by atoms with Gasteiger partial charge in [0.25, 0.3) is 5.91 Å². The minimum atomic E-state index is -0.276. The van der Waals surface area contributed by atoms with Gasteiger partial charge in [-0.2, -0.15) is 5.10 Å². The lowest BCUT2D eigenvalue weighted by atomic mass is 10.1. The summed E-state index contributed by atoms with van der Waals surface area (Å²) in [7, 11) is 0. The fourth-order valence-corrected chi connectivity index (χ4v) is 1.64. The Kier molecular flexibility index (Phi) is 5.15. The average molecular weight is 254 g/mol. The van der Waals surface area contributed by atoms with E-state index in [0.29, 0.717) is 18.8 Å². The van der Waals surface area contributed by atoms with E-state index in [1.807, 2.05) is 27.7 Å². The Balaban J connectivity index is 2.62. The van der Waals surface area contributed by atoms with Gasteiger partial charge in [0, 0.05) is 13.2 Å². The second-order valence-corrected chi connectivity index (χ2v) is 4.53. The molecule has 1 heterocycles. The third-order valence-corrected chi connectivity index (χ3v) is 2.63. The summed E-state index contributed by atoms with van der Waals surface area (Å²) < 4.78 is 5.33. The van der Waals surface area contributed by atoms with E-state index in [1.54, 1.807) is 0 Å². The van der Waals surface area contributed by atoms with Crippen LogP contribution in [0.3, 0.4) is 0 Å². The number of anilines is 1. The highest BCUT2D eigenvalue weighted by Crippen LogP contribution is 2.21. The van der Waals surface area contributed by atoms with Crippen molar-refractivity contribution >= 4 is 11.6 Å². The van der Waals surface area contributed by atoms with E-state index in [0.717, 1.165) is 5.69 Å². The smallest absolute Gasteiger partial charge is 0.274 e. The first kappa shape index (κ1) is 14.5. The van der Waals surface area contributed by atoms with Gasteiger partial charge in [0.05, 0.1) is 17.5 Å². The number of hydrogen-bond acceptors (Lipinski definition) is 4. The van der Waals surface area contributed by atoms with Crippen molar-refractivity contribution in [3.63, 3.8) is 0 Å². The monoisotopic (exact) mass is 254 g/mol. The molecule has 0 radical (unpaired) electrons. The van der Waals surface area contributed by atoms with Gasteiger partial charge in [-0.05, 0) is 19.8 Å². The van der Waals surface area contributed by atoms with Crippen LogP contribution >= 0.6 is 0 Å². The Morgan fingerprint density at radius 2 is 2.17 bits per heavy atom. The molecule has 0 spiro atoms. The number of nitrogens with one attached hydrogen (secondary N) is 2. The summed E-state index contributed by atoms with van der Waals surface area (Å²) in [5.41, 5.74) is 7.35. The Hall–Kier alpha value is -1.56. The largest absolute Gasteiger partial charge is 0.395 e. The zero-order chi connectivity index (χ0) is 13.7. The second kappa shape index (κ2) is 6.39. The molecule has 4 N–H and O–H groups in total. The van der Waals surface area contributed by atoms with Crippen molar-refractivity contribution in [2.75, 3.05) is 18.9 Å². The molecule has 102 valence electrons. The minimum Gasteiger partial charge on any atom is -0.395 e. The Morgan fingerprint density at radius 1 is 1.50 bits per heavy atom. The van der Waals surface area contributed by atoms with E-state index in [-0.39, 0.29) is 23.6 Å². The lowest BCUT2D eigenvalue weighted by Crippen LogP contribution is -2.32. The molecule has 6 heteroatoms. The van der Waals surface area contributed by atoms with Gasteiger partial charge in [-0.1, -0.05) is 13.8 Å². The van der Waals surface area contributed by atoms with Gasteiger partial charge < -0.3 is 15.8 Å². The molecule has 0 aromatic carbocycles. The molecule has 0 fully saturated rings. The van der Waals surface area contributed by atoms with Crippen LogP contribution in [0.5, 0.6) is 0 Å². The van der Waals surface area contributed by atoms with E-state index in [2.05, 4.69) is 15.5 Å². The zero-order valence-corrected chi connectivity index (χ0v) is 11.4. The fraction of sp³-hybridized carbons (Fsp3) is 0.667. The number of ether oxygens (including phenoxy) is 1. The molecule has 18 heavy (non-hydrogen) atoms. The van der Waals surface area contributed by atoms with Crippen LogP contribution < -0.4 is 11.1 Å². The standard InChI is InChI=1S/C12H22N4O2/c1-5-18-8(4)6-14-12(17)11-9(13)10(7(2)3)15-16-11/h7-8H,5-6,13H2,1-4H3,(H,14,17)(H,15,16). The maximum absolute atomic E-state index is 11.9. The van der Waals surface area contributed by atoms with Crippen molar-refractivity contribution in [2.45, 2.75) is 39.7 Å². The number of nitrogens with two attached hydrogens (primary N) is 1. The first-order valence-corrected chi connectivity index (χ1v) is 6.20. The highest BCUT2D eigenvalue weighted by Gasteiger charge is 2.18. The maximum atomic E-state index is 11.9. The molecule has 0 saturated heterocycles. The van der Waals surface area contributed by atoms with Crippen LogP contribution in [0, 0.1) is 0 Å². The van der Waals surface area contributed by atoms with Crippen molar-refractivity contribution in [1.29, 1.82) is 0 Å². The highest BCUT2D eigenvalue weighted by atomic mass is 16.5. The van der Waals surface area contributed by atoms with Crippen molar-refractivity contribution in [1.82, 2.24) is 15.5 Å². The molecular weight excluding hydrogens is 232 g/mol. The molecule has 0 aliphatic heterocycles. The summed E-state index contributed by atoms with van der Waals surface area (Å²) in [5, 5.41) is 9.51. The van der Waals surface area contributed by atoms with Crippen LogP contribution in [-0.2, 0) is 4.74 Å². The van der Waals surface area contributed by atoms with Crippen molar-refractivity contribution in [3.8, 4) is 0 Å². The van der Waals surface area contributed by atoms with Crippen LogP contribution in [-0.4, -0.2) is 35.4 Å². The third-order valence-electron chi connectivity index (χ3n) is 2.63. The highest BCUT2D eigenvalue weighted by molar-refractivity contribution is 5.97. The van der Waals surface area contributed by atoms with Gasteiger partial charge in [0.2, 0.25) is 0 Å². The molecule has 1 rings (SSSR count). The summed E-state index contributed by atoms with van der Waals surface area (Å²) in [6, 6.07) is 0. The number of nitrogen functional groups attached to an aromatic ring is 1. The summed E-state index contributed by atoms with van der Waals surface area (Å²) in [6.45, 7) is 8.86. The number of nitrogens with zero attached hydrogens (tertiary/aromatic N) is 1. The average Bonchev–Trinajstić information content (AvgIpc) is 2.68. The summed E-state index contributed by atoms with van der Waals surface area (Å²) in [5.74, 6) is -0.0661. The number of rotatable bonds is 6. The normalized spacial score (nSPS) is 12.7. The first-order valence-electron chi connectivity index (χ1n) is 6.20. The first-order chi connectivity index (χ1) is 8.47. The van der Waals surface area contributed by atoms with Crippen LogP contribution in [0.15, 0.2) is 0 Å². The number of carbonyl (C=O) groups is 1. The summed E-state index contributed by atoms with van der Waals surface area (Å²) in [6.07, 6.45) is -0.0244. The van der Waals surface area contributed by atoms with Gasteiger partial charge in [-0.25, -0.2) is 0 Å². The molecule has 1 atom stereocenters. The maximum Gasteiger partial charge on any atom is 0.274 e. The lowest BCUT2D eigenvalue weighted by Gasteiger charge is -2.12. The molecule has 0 saturated carbocycles. The number of carbonyl (C=O) groups excluding carboxylic acids is 1. The number of H-pyrrole nitrogens is 1. The Morgan fingerprint density at radius 3 is 2.67 bits per heavy atom. The molecule has 1 aromatic rings. The van der Waals surface area contributed by atoms with Gasteiger partial charge >= 0.3 is 0 Å². The van der Waals surface area contributed by atoms with E-state index in [4.69, 9.17) is 10.5 Å². The summed E-state index contributed by atoms with van der Waals surface area (Å²) in [4.78, 5) is 11.9. The van der Waals surface area contributed by atoms with Gasteiger partial charge in [0.15, 0.2) is 5.69 Å². The molecule has 0 aliphatic rings. The quantitative estimate of drug-likeness (QED) is 0.712. The van der Waals surface area contributed by atoms with Crippen LogP contribution in [0.1, 0.15) is 49.8 Å². The van der Waals surface area contributed by atoms with E-state index in [1.165, 1.54) is 0 Å². The second-order valence-electron chi connectivity index (χ2n) is 4.53. The third kappa shape index (κ3) is 3.46. The van der Waals surface area contributed by atoms with Crippen molar-refractivity contribution < 1.29 is 9.53 Å². The van der Waals surface area contributed by atoms with Crippen LogP contribution in [0.4, 0.5) is 5.69 Å². The van der Waals surface area contributed by atoms with Gasteiger partial charge in [0.1, 0.15) is 0 Å². The number of aromatic nitrogens is 2. The SMILES string of the molecule is CCOC(C)CNC(=O)c1n[nH]c(C(C)C)c1N. The molecular formula is C12H22N4O2. The summed E-state index contributed by atoms with van der Waals surface area (Å²) >= 11 is 0. The number of amides is 1. The fourth-order valence-electron chi connectivity index (χ4n) is 1.64. The molecule has 1 amide bonds. The van der Waals surface area contributed by atoms with Crippen molar-refractivity contribution in [3.05, 3.63) is 11.4 Å². The topological polar surface area (TPSA) is 93.0 Å². The number of aromatic amines is 1. The van der Waals surface area contributed by atoms with Crippen LogP contribution in [0.2, 0.25) is 0 Å². The molecule has 1 unspecified atom stereocenters. The van der Waals surface area contributed by atoms with Gasteiger partial charge in [-0.15, -0.1) is 0 Å². The zero-order valence-electron chi connectivity index (χ0n) is 11.4. The molecule has 0 aliphatic carbocycles. The lowest BCUT2D eigenvalue weighted by molar-refractivity contribution is 0.0693. The van der Waals surface area contributed by atoms with E-state index >= 15 is 0 Å². The molecule has 6 nitrogen and oxygen atoms in total. The minimum absolute atomic E-state index is 0.0244. The predicted molar refractivity (Wildman–Crippen MR) is 70.5 cm³/mol. The van der Waals surface area contributed by atoms with Crippen molar-refractivity contribution in [2.24, 2.45) is 0 Å². The van der Waals surface area contributed by atoms with Gasteiger partial charge in [-0.3, -0.25) is 9.89 Å². The van der Waals surface area contributed by atoms with Crippen LogP contribution in [0.25, 0.3) is 0 Å². The number of hydrogen-bond donors (Lipinski definition) is 3. The van der Waals surface area contributed by atoms with E-state index < -0.39 is 0 Å². The predicted octanol–water partition coefficient (Wildman–Crippen LogP) is 1.27. The molecule has 0 bridgehead atoms. The Labute approximate surface area is 107 Å². The molecule has 1 aromatic heterocycles. The Bertz CT molecular complexity index is 401. The van der Waals surface area contributed by atoms with E-state index in [9.17, 15) is 4.79 Å².